The van der Waals surface area contributed by atoms with Crippen LogP contribution in [0.2, 0.25) is 0 Å². The van der Waals surface area contributed by atoms with Gasteiger partial charge in [0.2, 0.25) is 0 Å². The second-order valence-electron chi connectivity index (χ2n) is 5.61. The Kier molecular flexibility index (Phi) is 8.49. The molecule has 2 N–H and O–H groups in total. The fourth-order valence-electron chi connectivity index (χ4n) is 2.15. The Labute approximate surface area is 172 Å². The molecule has 0 fully saturated rings. The van der Waals surface area contributed by atoms with E-state index in [1.807, 2.05) is 11.4 Å². The first-order chi connectivity index (χ1) is 14.5. The number of carbonyl (C=O) groups is 3. The molecule has 0 atom stereocenters. The third kappa shape index (κ3) is 7.40. The topological polar surface area (TPSA) is 140 Å². The number of benzene rings is 1. The van der Waals surface area contributed by atoms with Gasteiger partial charge in [0.05, 0.1) is 19.9 Å². The molecule has 2 rings (SSSR count). The van der Waals surface area contributed by atoms with Crippen LogP contribution in [0.4, 0.5) is 4.79 Å². The first kappa shape index (κ1) is 22.0. The number of rotatable bonds is 9. The number of esters is 1. The van der Waals surface area contributed by atoms with Crippen LogP contribution in [0.25, 0.3) is 6.08 Å². The lowest BCUT2D eigenvalue weighted by Crippen LogP contribution is -2.41. The number of methoxy groups -OCH3 is 1. The summed E-state index contributed by atoms with van der Waals surface area (Å²) in [7, 11) is 1.44. The normalized spacial score (nSPS) is 10.1. The Morgan fingerprint density at radius 1 is 1.23 bits per heavy atom. The molecule has 156 valence electrons. The molecule has 3 amide bonds. The minimum atomic E-state index is -0.783. The third-order valence-electron chi connectivity index (χ3n) is 3.49. The van der Waals surface area contributed by atoms with Crippen molar-refractivity contribution in [2.24, 2.45) is 0 Å². The molecule has 30 heavy (non-hydrogen) atoms. The van der Waals surface area contributed by atoms with Gasteiger partial charge < -0.3 is 23.9 Å². The molecule has 10 nitrogen and oxygen atoms in total. The molecule has 1 aromatic carbocycles. The third-order valence-corrected chi connectivity index (χ3v) is 3.49. The monoisotopic (exact) mass is 413 g/mol. The van der Waals surface area contributed by atoms with Crippen LogP contribution < -0.4 is 20.1 Å². The average molecular weight is 413 g/mol. The van der Waals surface area contributed by atoms with Crippen LogP contribution in [-0.4, -0.2) is 38.2 Å². The summed E-state index contributed by atoms with van der Waals surface area (Å²) in [5.74, 6) is -0.254. The number of furan rings is 1. The minimum Gasteiger partial charge on any atom is -0.493 e. The number of amides is 3. The highest BCUT2D eigenvalue weighted by atomic mass is 16.5. The van der Waals surface area contributed by atoms with E-state index in [0.717, 1.165) is 6.08 Å². The summed E-state index contributed by atoms with van der Waals surface area (Å²) in [5.41, 5.74) is 0.606. The Balaban J connectivity index is 1.76. The standard InChI is InChI=1S/C20H19N3O7/c1-27-17-11-14(4-6-16(17)29-10-8-21)5-7-19(25)30-13-18(24)23-20(26)22-12-15-3-2-9-28-15/h2-7,9,11H,10,12-13H2,1H3,(H2,22,23,24,26)/b7-5+. The van der Waals surface area contributed by atoms with Gasteiger partial charge in [-0.25, -0.2) is 9.59 Å². The number of nitriles is 1. The van der Waals surface area contributed by atoms with Gasteiger partial charge in [-0.15, -0.1) is 0 Å². The Morgan fingerprint density at radius 3 is 2.77 bits per heavy atom. The van der Waals surface area contributed by atoms with Crippen molar-refractivity contribution in [1.82, 2.24) is 10.6 Å². The highest BCUT2D eigenvalue weighted by Crippen LogP contribution is 2.28. The van der Waals surface area contributed by atoms with Crippen molar-refractivity contribution in [3.63, 3.8) is 0 Å². The molecule has 2 aromatic rings. The van der Waals surface area contributed by atoms with Gasteiger partial charge in [0, 0.05) is 6.08 Å². The Morgan fingerprint density at radius 2 is 2.07 bits per heavy atom. The van der Waals surface area contributed by atoms with Gasteiger partial charge in [-0.3, -0.25) is 10.1 Å². The summed E-state index contributed by atoms with van der Waals surface area (Å²) in [4.78, 5) is 35.0. The second kappa shape index (κ2) is 11.6. The highest BCUT2D eigenvalue weighted by Gasteiger charge is 2.10. The van der Waals surface area contributed by atoms with E-state index in [4.69, 9.17) is 23.9 Å². The lowest BCUT2D eigenvalue weighted by atomic mass is 10.2. The van der Waals surface area contributed by atoms with Gasteiger partial charge in [0.15, 0.2) is 24.7 Å². The van der Waals surface area contributed by atoms with Crippen LogP contribution in [0.3, 0.4) is 0 Å². The molecular formula is C20H19N3O7. The van der Waals surface area contributed by atoms with E-state index in [1.165, 1.54) is 19.4 Å². The maximum Gasteiger partial charge on any atom is 0.331 e. The maximum atomic E-state index is 11.8. The molecule has 0 aliphatic carbocycles. The number of urea groups is 1. The summed E-state index contributed by atoms with van der Waals surface area (Å²) >= 11 is 0. The number of nitrogens with one attached hydrogen (secondary N) is 2. The number of hydrogen-bond donors (Lipinski definition) is 2. The molecule has 0 unspecified atom stereocenters. The molecular weight excluding hydrogens is 394 g/mol. The van der Waals surface area contributed by atoms with E-state index in [-0.39, 0.29) is 13.2 Å². The van der Waals surface area contributed by atoms with Gasteiger partial charge >= 0.3 is 12.0 Å². The molecule has 0 spiro atoms. The SMILES string of the molecule is COc1cc(/C=C/C(=O)OCC(=O)NC(=O)NCc2ccco2)ccc1OCC#N. The number of ether oxygens (including phenoxy) is 3. The molecule has 0 aliphatic heterocycles. The molecule has 0 aliphatic rings. The predicted molar refractivity (Wildman–Crippen MR) is 103 cm³/mol. The molecule has 10 heteroatoms. The van der Waals surface area contributed by atoms with Crippen LogP contribution in [-0.2, 0) is 20.9 Å². The van der Waals surface area contributed by atoms with Crippen molar-refractivity contribution in [3.05, 3.63) is 54.0 Å². The zero-order valence-electron chi connectivity index (χ0n) is 16.0. The van der Waals surface area contributed by atoms with Crippen molar-refractivity contribution in [3.8, 4) is 17.6 Å². The van der Waals surface area contributed by atoms with E-state index >= 15 is 0 Å². The van der Waals surface area contributed by atoms with Crippen molar-refractivity contribution < 1.29 is 33.0 Å². The number of hydrogen-bond acceptors (Lipinski definition) is 8. The van der Waals surface area contributed by atoms with E-state index < -0.39 is 24.5 Å². The summed E-state index contributed by atoms with van der Waals surface area (Å²) < 4.78 is 20.2. The molecule has 0 saturated heterocycles. The van der Waals surface area contributed by atoms with Crippen LogP contribution in [0.5, 0.6) is 11.5 Å². The van der Waals surface area contributed by atoms with Crippen molar-refractivity contribution in [2.75, 3.05) is 20.3 Å². The molecule has 1 heterocycles. The van der Waals surface area contributed by atoms with E-state index in [2.05, 4.69) is 5.32 Å². The predicted octanol–water partition coefficient (Wildman–Crippen LogP) is 1.77. The largest absolute Gasteiger partial charge is 0.493 e. The lowest BCUT2D eigenvalue weighted by molar-refractivity contribution is -0.143. The van der Waals surface area contributed by atoms with Crippen molar-refractivity contribution in [1.29, 1.82) is 5.26 Å². The van der Waals surface area contributed by atoms with Crippen LogP contribution in [0.1, 0.15) is 11.3 Å². The van der Waals surface area contributed by atoms with Crippen molar-refractivity contribution in [2.45, 2.75) is 6.54 Å². The van der Waals surface area contributed by atoms with Crippen LogP contribution in [0, 0.1) is 11.3 Å². The zero-order valence-corrected chi connectivity index (χ0v) is 16.0. The maximum absolute atomic E-state index is 11.8. The quantitative estimate of drug-likeness (QED) is 0.468. The molecule has 1 aromatic heterocycles. The summed E-state index contributed by atoms with van der Waals surface area (Å²) in [5, 5.41) is 13.0. The van der Waals surface area contributed by atoms with Gasteiger partial charge in [0.25, 0.3) is 5.91 Å². The second-order valence-corrected chi connectivity index (χ2v) is 5.61. The zero-order chi connectivity index (χ0) is 21.8. The first-order valence-corrected chi connectivity index (χ1v) is 8.64. The highest BCUT2D eigenvalue weighted by molar-refractivity contribution is 5.96. The van der Waals surface area contributed by atoms with Gasteiger partial charge in [0.1, 0.15) is 11.8 Å². The number of nitrogens with zero attached hydrogens (tertiary/aromatic N) is 1. The van der Waals surface area contributed by atoms with Crippen molar-refractivity contribution >= 4 is 24.0 Å². The number of imide groups is 1. The van der Waals surface area contributed by atoms with E-state index in [0.29, 0.717) is 22.8 Å². The van der Waals surface area contributed by atoms with Gasteiger partial charge in [-0.2, -0.15) is 5.26 Å². The van der Waals surface area contributed by atoms with Crippen LogP contribution in [0.15, 0.2) is 47.1 Å². The van der Waals surface area contributed by atoms with E-state index in [9.17, 15) is 14.4 Å². The summed E-state index contributed by atoms with van der Waals surface area (Å²) in [6.07, 6.45) is 4.03. The van der Waals surface area contributed by atoms with Gasteiger partial charge in [-0.05, 0) is 35.9 Å². The Bertz CT molecular complexity index is 946. The lowest BCUT2D eigenvalue weighted by Gasteiger charge is -2.08. The summed E-state index contributed by atoms with van der Waals surface area (Å²) in [6.45, 7) is -0.638. The number of carbonyl (C=O) groups excluding carboxylic acids is 3. The molecule has 0 bridgehead atoms. The minimum absolute atomic E-state index is 0.110. The summed E-state index contributed by atoms with van der Waals surface area (Å²) in [6, 6.07) is 9.29. The average Bonchev–Trinajstić information content (AvgIpc) is 3.27. The fraction of sp³-hybridized carbons (Fsp3) is 0.200. The van der Waals surface area contributed by atoms with Gasteiger partial charge in [-0.1, -0.05) is 6.07 Å². The van der Waals surface area contributed by atoms with E-state index in [1.54, 1.807) is 30.3 Å². The Hall–Kier alpha value is -4.26. The fourth-order valence-corrected chi connectivity index (χ4v) is 2.15. The molecule has 0 saturated carbocycles. The first-order valence-electron chi connectivity index (χ1n) is 8.64. The molecule has 0 radical (unpaired) electrons. The smallest absolute Gasteiger partial charge is 0.331 e. The van der Waals surface area contributed by atoms with Crippen LogP contribution >= 0.6 is 0 Å².